The van der Waals surface area contributed by atoms with Crippen LogP contribution in [0.1, 0.15) is 49.3 Å². The van der Waals surface area contributed by atoms with Crippen LogP contribution in [0.25, 0.3) is 0 Å². The van der Waals surface area contributed by atoms with Gasteiger partial charge in [-0.1, -0.05) is 23.8 Å². The normalized spacial score (nSPS) is 18.9. The average Bonchev–Trinajstić information content (AvgIpc) is 2.91. The maximum Gasteiger partial charge on any atom is 0.294 e. The molecule has 0 spiro atoms. The molecule has 0 fully saturated rings. The van der Waals surface area contributed by atoms with E-state index in [0.717, 1.165) is 24.3 Å². The van der Waals surface area contributed by atoms with Gasteiger partial charge in [0.15, 0.2) is 0 Å². The Morgan fingerprint density at radius 2 is 1.21 bits per heavy atom. The minimum atomic E-state index is -4.75. The number of aryl methyl sites for hydroxylation is 1. The number of aldehydes is 1. The number of allylic oxidation sites excluding steroid dienone is 1. The molecular weight excluding hydrogens is 600 g/mol. The summed E-state index contributed by atoms with van der Waals surface area (Å²) in [4.78, 5) is 10.8. The molecule has 226 valence electrons. The number of hydrogen-bond donors (Lipinski definition) is 6. The quantitative estimate of drug-likeness (QED) is 0.183. The second-order valence-corrected chi connectivity index (χ2v) is 13.8. The molecule has 43 heavy (non-hydrogen) atoms. The van der Waals surface area contributed by atoms with Gasteiger partial charge < -0.3 is 20.4 Å². The topological polar surface area (TPSA) is 207 Å². The fraction of sp³-hybridized carbons (Fsp3) is 0.233. The number of aliphatic hydroxyl groups is 1. The molecule has 11 nitrogen and oxygen atoms in total. The Hall–Kier alpha value is -4.01. The highest BCUT2D eigenvalue weighted by atomic mass is 32.2. The predicted octanol–water partition coefficient (Wildman–Crippen LogP) is 3.14. The minimum Gasteiger partial charge on any atom is -0.507 e. The average molecular weight is 629 g/mol. The molecule has 2 aliphatic carbocycles. The van der Waals surface area contributed by atoms with Gasteiger partial charge in [-0.15, -0.1) is 0 Å². The Bertz CT molecular complexity index is 1960. The van der Waals surface area contributed by atoms with Gasteiger partial charge in [-0.25, -0.2) is 0 Å². The standard InChI is InChI=1S/C30H28O11S2/c1-15-2-17-6-21-10-25(42(36,37)38)12-23(29(21)34)8-19-4-16(14-31)5-20(28(19)33)9-24-13-26(43(39,40)41)11-22(30(24)35)7-18(3-15)27(17)32/h2-5,10-14,23,29,32-35H,6-9H2,1H3,(H,36,37,38)(H,39,40,41). The van der Waals surface area contributed by atoms with E-state index in [4.69, 9.17) is 0 Å². The van der Waals surface area contributed by atoms with Crippen LogP contribution in [0.3, 0.4) is 0 Å². The summed E-state index contributed by atoms with van der Waals surface area (Å²) < 4.78 is 68.4. The fourth-order valence-corrected chi connectivity index (χ4v) is 6.99. The van der Waals surface area contributed by atoms with Gasteiger partial charge in [-0.3, -0.25) is 13.9 Å². The summed E-state index contributed by atoms with van der Waals surface area (Å²) in [6, 6.07) is 7.99. The molecule has 6 N–H and O–H groups in total. The molecule has 0 amide bonds. The molecule has 0 saturated carbocycles. The van der Waals surface area contributed by atoms with E-state index in [-0.39, 0.29) is 87.4 Å². The van der Waals surface area contributed by atoms with E-state index in [9.17, 15) is 51.2 Å². The maximum absolute atomic E-state index is 12.2. The molecule has 2 aliphatic rings. The lowest BCUT2D eigenvalue weighted by Crippen LogP contribution is -2.28. The second kappa shape index (κ2) is 10.9. The van der Waals surface area contributed by atoms with Gasteiger partial charge in [-0.05, 0) is 77.9 Å². The first kappa shape index (κ1) is 30.4. The van der Waals surface area contributed by atoms with Crippen molar-refractivity contribution < 1.29 is 51.2 Å². The Morgan fingerprint density at radius 1 is 0.721 bits per heavy atom. The molecule has 0 aliphatic heterocycles. The lowest BCUT2D eigenvalue weighted by atomic mass is 9.82. The second-order valence-electron chi connectivity index (χ2n) is 10.9. The zero-order valence-corrected chi connectivity index (χ0v) is 24.4. The zero-order valence-electron chi connectivity index (χ0n) is 22.7. The number of aromatic hydroxyl groups is 3. The third kappa shape index (κ3) is 6.08. The molecule has 2 atom stereocenters. The van der Waals surface area contributed by atoms with Gasteiger partial charge in [0.1, 0.15) is 23.5 Å². The van der Waals surface area contributed by atoms with E-state index in [0.29, 0.717) is 11.8 Å². The Morgan fingerprint density at radius 3 is 1.74 bits per heavy atom. The van der Waals surface area contributed by atoms with Crippen molar-refractivity contribution in [2.75, 3.05) is 0 Å². The highest BCUT2D eigenvalue weighted by molar-refractivity contribution is 7.90. The number of fused-ring (bicyclic) bond motifs is 8. The molecule has 3 aromatic rings. The first-order valence-electron chi connectivity index (χ1n) is 13.1. The van der Waals surface area contributed by atoms with Gasteiger partial charge in [0.05, 0.1) is 15.9 Å². The number of benzene rings is 3. The summed E-state index contributed by atoms with van der Waals surface area (Å²) in [7, 11) is -9.47. The van der Waals surface area contributed by atoms with Crippen LogP contribution in [-0.2, 0) is 45.9 Å². The van der Waals surface area contributed by atoms with Crippen molar-refractivity contribution >= 4 is 26.5 Å². The van der Waals surface area contributed by atoms with Crippen molar-refractivity contribution in [1.29, 1.82) is 0 Å². The molecular formula is C30H28O11S2. The molecule has 0 radical (unpaired) electrons. The summed E-state index contributed by atoms with van der Waals surface area (Å²) in [5.74, 6) is -1.95. The Labute approximate surface area is 247 Å². The zero-order chi connectivity index (χ0) is 31.4. The third-order valence-corrected chi connectivity index (χ3v) is 9.46. The van der Waals surface area contributed by atoms with Gasteiger partial charge in [0.2, 0.25) is 0 Å². The molecule has 8 bridgehead atoms. The number of aliphatic hydroxyl groups excluding tert-OH is 1. The SMILES string of the molecule is Cc1cc2c(O)c(c1)Cc1cc(S(=O)(=O)O)cc(c1O)Cc1cc(C=O)cc(c1O)CC1C=C(S(=O)(=O)O)C=C(C2)C1O. The van der Waals surface area contributed by atoms with Crippen molar-refractivity contribution in [2.45, 2.75) is 43.6 Å². The summed E-state index contributed by atoms with van der Waals surface area (Å²) in [5, 5.41) is 45.0. The van der Waals surface area contributed by atoms with Crippen LogP contribution in [0.5, 0.6) is 17.2 Å². The van der Waals surface area contributed by atoms with Crippen LogP contribution in [-0.4, -0.2) is 58.8 Å². The number of carbonyl (C=O) groups excluding carboxylic acids is 1. The van der Waals surface area contributed by atoms with Crippen molar-refractivity contribution in [3.63, 3.8) is 0 Å². The number of carbonyl (C=O) groups is 1. The van der Waals surface area contributed by atoms with E-state index in [1.165, 1.54) is 12.1 Å². The minimum absolute atomic E-state index is 0.00892. The number of rotatable bonds is 3. The van der Waals surface area contributed by atoms with Crippen LogP contribution in [0.2, 0.25) is 0 Å². The van der Waals surface area contributed by atoms with Crippen LogP contribution in [0.15, 0.2) is 63.9 Å². The largest absolute Gasteiger partial charge is 0.507 e. The predicted molar refractivity (Wildman–Crippen MR) is 154 cm³/mol. The van der Waals surface area contributed by atoms with E-state index < -0.39 is 42.1 Å². The summed E-state index contributed by atoms with van der Waals surface area (Å²) >= 11 is 0. The lowest BCUT2D eigenvalue weighted by molar-refractivity contribution is 0.112. The molecule has 13 heteroatoms. The lowest BCUT2D eigenvalue weighted by Gasteiger charge is -2.28. The van der Waals surface area contributed by atoms with E-state index in [2.05, 4.69) is 0 Å². The van der Waals surface area contributed by atoms with E-state index in [1.54, 1.807) is 19.1 Å². The summed E-state index contributed by atoms with van der Waals surface area (Å²) in [5.41, 5.74) is 1.70. The molecule has 3 aromatic carbocycles. The first-order chi connectivity index (χ1) is 20.0. The van der Waals surface area contributed by atoms with Crippen molar-refractivity contribution in [1.82, 2.24) is 0 Å². The smallest absolute Gasteiger partial charge is 0.294 e. The highest BCUT2D eigenvalue weighted by Crippen LogP contribution is 2.39. The summed E-state index contributed by atoms with van der Waals surface area (Å²) in [6.07, 6.45) is 0.622. The van der Waals surface area contributed by atoms with Crippen molar-refractivity contribution in [3.8, 4) is 17.2 Å². The molecule has 0 aromatic heterocycles. The first-order valence-corrected chi connectivity index (χ1v) is 15.9. The number of hydrogen-bond acceptors (Lipinski definition) is 9. The fourth-order valence-electron chi connectivity index (χ4n) is 5.76. The number of phenolic OH excluding ortho intramolecular Hbond substituents is 3. The van der Waals surface area contributed by atoms with Crippen molar-refractivity contribution in [3.05, 3.63) is 104 Å². The number of phenols is 3. The molecule has 0 saturated heterocycles. The van der Waals surface area contributed by atoms with Crippen LogP contribution in [0.4, 0.5) is 0 Å². The van der Waals surface area contributed by atoms with Crippen LogP contribution in [0, 0.1) is 12.8 Å². The van der Waals surface area contributed by atoms with E-state index in [1.807, 2.05) is 0 Å². The van der Waals surface area contributed by atoms with Gasteiger partial charge in [-0.2, -0.15) is 16.8 Å². The van der Waals surface area contributed by atoms with Gasteiger partial charge in [0, 0.05) is 35.4 Å². The summed E-state index contributed by atoms with van der Waals surface area (Å²) in [6.45, 7) is 1.72. The van der Waals surface area contributed by atoms with E-state index >= 15 is 0 Å². The maximum atomic E-state index is 12.2. The van der Waals surface area contributed by atoms with Crippen LogP contribution >= 0.6 is 0 Å². The molecule has 2 unspecified atom stereocenters. The van der Waals surface area contributed by atoms with Crippen LogP contribution < -0.4 is 0 Å². The monoisotopic (exact) mass is 628 g/mol. The Balaban J connectivity index is 1.81. The third-order valence-electron chi connectivity index (χ3n) is 7.78. The van der Waals surface area contributed by atoms with Crippen molar-refractivity contribution in [2.24, 2.45) is 5.92 Å². The highest BCUT2D eigenvalue weighted by Gasteiger charge is 2.32. The Kier molecular flexibility index (Phi) is 7.73. The molecule has 0 heterocycles. The molecule has 5 rings (SSSR count). The van der Waals surface area contributed by atoms with Gasteiger partial charge >= 0.3 is 0 Å². The van der Waals surface area contributed by atoms with Gasteiger partial charge in [0.25, 0.3) is 20.2 Å².